The number of halogens is 1. The molecule has 8 nitrogen and oxygen atoms in total. The van der Waals surface area contributed by atoms with Gasteiger partial charge < -0.3 is 14.5 Å². The Morgan fingerprint density at radius 2 is 2.03 bits per heavy atom. The number of hydrogen-bond donors (Lipinski definition) is 0. The summed E-state index contributed by atoms with van der Waals surface area (Å²) < 4.78 is 19.9. The first-order chi connectivity index (χ1) is 14.7. The molecule has 1 amide bonds. The van der Waals surface area contributed by atoms with Crippen molar-refractivity contribution in [1.82, 2.24) is 25.0 Å². The van der Waals surface area contributed by atoms with Crippen molar-refractivity contribution >= 4 is 27.8 Å². The minimum Gasteiger partial charge on any atom is -0.391 e. The summed E-state index contributed by atoms with van der Waals surface area (Å²) in [5.41, 5.74) is 1.61. The van der Waals surface area contributed by atoms with Crippen molar-refractivity contribution < 1.29 is 18.8 Å². The predicted molar refractivity (Wildman–Crippen MR) is 106 cm³/mol. The van der Waals surface area contributed by atoms with Gasteiger partial charge in [0.05, 0.1) is 13.2 Å². The summed E-state index contributed by atoms with van der Waals surface area (Å²) in [7, 11) is 0. The second-order valence-corrected chi connectivity index (χ2v) is 6.99. The first-order valence-corrected chi connectivity index (χ1v) is 9.58. The average Bonchev–Trinajstić information content (AvgIpc) is 3.21. The molecule has 1 fully saturated rings. The van der Waals surface area contributed by atoms with E-state index in [0.717, 1.165) is 0 Å². The van der Waals surface area contributed by atoms with Crippen LogP contribution >= 0.6 is 0 Å². The number of carbonyl (C=O) groups is 1. The first-order valence-electron chi connectivity index (χ1n) is 9.58. The van der Waals surface area contributed by atoms with Crippen molar-refractivity contribution in [2.24, 2.45) is 0 Å². The largest absolute Gasteiger partial charge is 0.391 e. The quantitative estimate of drug-likeness (QED) is 0.515. The van der Waals surface area contributed by atoms with Gasteiger partial charge in [-0.05, 0) is 34.9 Å². The molecule has 1 aliphatic heterocycles. The molecule has 30 heavy (non-hydrogen) atoms. The molecule has 0 N–H and O–H groups in total. The molecule has 152 valence electrons. The van der Waals surface area contributed by atoms with Gasteiger partial charge in [-0.15, -0.1) is 5.10 Å². The van der Waals surface area contributed by atoms with E-state index in [1.54, 1.807) is 47.5 Å². The van der Waals surface area contributed by atoms with Gasteiger partial charge in [0.1, 0.15) is 24.0 Å². The van der Waals surface area contributed by atoms with Gasteiger partial charge >= 0.3 is 0 Å². The highest BCUT2D eigenvalue weighted by molar-refractivity contribution is 6.07. The van der Waals surface area contributed by atoms with Crippen LogP contribution in [0.1, 0.15) is 10.4 Å². The van der Waals surface area contributed by atoms with Gasteiger partial charge in [-0.25, -0.2) is 9.37 Å². The topological polar surface area (TPSA) is 82.4 Å². The fourth-order valence-electron chi connectivity index (χ4n) is 3.61. The van der Waals surface area contributed by atoms with Gasteiger partial charge in [-0.3, -0.25) is 4.79 Å². The van der Waals surface area contributed by atoms with E-state index >= 15 is 0 Å². The third-order valence-electron chi connectivity index (χ3n) is 5.09. The van der Waals surface area contributed by atoms with E-state index in [-0.39, 0.29) is 24.4 Å². The van der Waals surface area contributed by atoms with Crippen LogP contribution in [0, 0.1) is 5.82 Å². The summed E-state index contributed by atoms with van der Waals surface area (Å²) in [4.78, 5) is 26.0. The van der Waals surface area contributed by atoms with Gasteiger partial charge in [0.25, 0.3) is 5.91 Å². The lowest BCUT2D eigenvalue weighted by molar-refractivity contribution is -0.0680. The van der Waals surface area contributed by atoms with Crippen LogP contribution in [0.25, 0.3) is 21.9 Å². The monoisotopic (exact) mass is 407 g/mol. The molecule has 3 heterocycles. The summed E-state index contributed by atoms with van der Waals surface area (Å²) in [5, 5.41) is 8.96. The maximum absolute atomic E-state index is 14.1. The number of nitrogens with zero attached hydrogens (tertiary/aromatic N) is 5. The Bertz CT molecular complexity index is 1230. The van der Waals surface area contributed by atoms with E-state index in [0.29, 0.717) is 47.2 Å². The SMILES string of the molecule is O=C(c1ccc(F)c2ccccc12)N1CCOC(COn2nnc3cccnc32)C1. The smallest absolute Gasteiger partial charge is 0.254 e. The predicted octanol–water partition coefficient (Wildman–Crippen LogP) is 2.09. The van der Waals surface area contributed by atoms with Crippen molar-refractivity contribution in [2.75, 3.05) is 26.3 Å². The minimum absolute atomic E-state index is 0.160. The van der Waals surface area contributed by atoms with E-state index in [9.17, 15) is 9.18 Å². The van der Waals surface area contributed by atoms with E-state index in [4.69, 9.17) is 9.57 Å². The first kappa shape index (κ1) is 18.4. The van der Waals surface area contributed by atoms with Crippen LogP contribution in [0.4, 0.5) is 4.39 Å². The highest BCUT2D eigenvalue weighted by Gasteiger charge is 2.27. The third-order valence-corrected chi connectivity index (χ3v) is 5.09. The molecule has 2 aromatic carbocycles. The van der Waals surface area contributed by atoms with E-state index in [1.807, 2.05) is 0 Å². The van der Waals surface area contributed by atoms with Crippen LogP contribution in [0.15, 0.2) is 54.7 Å². The second-order valence-electron chi connectivity index (χ2n) is 6.99. The molecule has 4 aromatic rings. The fourth-order valence-corrected chi connectivity index (χ4v) is 3.61. The summed E-state index contributed by atoms with van der Waals surface area (Å²) in [6.07, 6.45) is 1.30. The van der Waals surface area contributed by atoms with Gasteiger partial charge in [0.2, 0.25) is 5.65 Å². The van der Waals surface area contributed by atoms with Crippen molar-refractivity contribution in [3.05, 3.63) is 66.1 Å². The summed E-state index contributed by atoms with van der Waals surface area (Å²) in [6, 6.07) is 13.4. The number of aromatic nitrogens is 4. The zero-order valence-electron chi connectivity index (χ0n) is 15.9. The lowest BCUT2D eigenvalue weighted by atomic mass is 10.0. The van der Waals surface area contributed by atoms with Gasteiger partial charge in [0.15, 0.2) is 0 Å². The Hall–Kier alpha value is -3.59. The minimum atomic E-state index is -0.343. The molecule has 0 aliphatic carbocycles. The van der Waals surface area contributed by atoms with Crippen LogP contribution in [-0.4, -0.2) is 63.4 Å². The Labute approximate surface area is 170 Å². The molecule has 0 saturated carbocycles. The Balaban J connectivity index is 1.31. The standard InChI is InChI=1S/C21H18FN5O3/c22-18-8-7-17(15-4-1-2-5-16(15)18)21(28)26-10-11-29-14(12-26)13-30-27-20-19(24-25-27)6-3-9-23-20/h1-9,14H,10-13H2. The highest BCUT2D eigenvalue weighted by atomic mass is 19.1. The average molecular weight is 407 g/mol. The number of benzene rings is 2. The number of hydrogen-bond acceptors (Lipinski definition) is 6. The molecule has 0 spiro atoms. The van der Waals surface area contributed by atoms with Crippen LogP contribution in [0.3, 0.4) is 0 Å². The molecule has 5 rings (SSSR count). The number of amides is 1. The van der Waals surface area contributed by atoms with E-state index in [1.165, 1.54) is 17.0 Å². The summed E-state index contributed by atoms with van der Waals surface area (Å²) in [5.74, 6) is -0.503. The molecule has 1 aliphatic rings. The second kappa shape index (κ2) is 7.68. The molecule has 9 heteroatoms. The molecular formula is C21H18FN5O3. The summed E-state index contributed by atoms with van der Waals surface area (Å²) in [6.45, 7) is 1.37. The maximum atomic E-state index is 14.1. The third kappa shape index (κ3) is 3.33. The fraction of sp³-hybridized carbons (Fsp3) is 0.238. The number of fused-ring (bicyclic) bond motifs is 2. The van der Waals surface area contributed by atoms with Crippen molar-refractivity contribution in [3.63, 3.8) is 0 Å². The molecular weight excluding hydrogens is 389 g/mol. The van der Waals surface area contributed by atoms with Gasteiger partial charge in [-0.1, -0.05) is 29.1 Å². The van der Waals surface area contributed by atoms with Gasteiger partial charge in [0, 0.05) is 23.7 Å². The molecule has 0 radical (unpaired) electrons. The Morgan fingerprint density at radius 1 is 1.17 bits per heavy atom. The van der Waals surface area contributed by atoms with Crippen LogP contribution < -0.4 is 4.84 Å². The van der Waals surface area contributed by atoms with Crippen molar-refractivity contribution in [3.8, 4) is 0 Å². The van der Waals surface area contributed by atoms with Crippen molar-refractivity contribution in [1.29, 1.82) is 0 Å². The molecule has 0 bridgehead atoms. The summed E-state index contributed by atoms with van der Waals surface area (Å²) >= 11 is 0. The number of rotatable bonds is 4. The molecule has 2 aromatic heterocycles. The Morgan fingerprint density at radius 3 is 2.93 bits per heavy atom. The maximum Gasteiger partial charge on any atom is 0.254 e. The zero-order valence-corrected chi connectivity index (χ0v) is 15.9. The highest BCUT2D eigenvalue weighted by Crippen LogP contribution is 2.23. The zero-order chi connectivity index (χ0) is 20.5. The molecule has 1 saturated heterocycles. The van der Waals surface area contributed by atoms with Crippen LogP contribution in [0.2, 0.25) is 0 Å². The number of ether oxygens (including phenoxy) is 1. The normalized spacial score (nSPS) is 16.8. The van der Waals surface area contributed by atoms with Crippen LogP contribution in [-0.2, 0) is 4.74 Å². The Kier molecular flexibility index (Phi) is 4.72. The molecule has 1 atom stereocenters. The lowest BCUT2D eigenvalue weighted by Gasteiger charge is -2.32. The lowest BCUT2D eigenvalue weighted by Crippen LogP contribution is -2.48. The van der Waals surface area contributed by atoms with Crippen molar-refractivity contribution in [2.45, 2.75) is 6.10 Å². The van der Waals surface area contributed by atoms with Crippen LogP contribution in [0.5, 0.6) is 0 Å². The van der Waals surface area contributed by atoms with Gasteiger partial charge in [-0.2, -0.15) is 0 Å². The van der Waals surface area contributed by atoms with E-state index in [2.05, 4.69) is 15.3 Å². The number of morpholine rings is 1. The van der Waals surface area contributed by atoms with E-state index < -0.39 is 0 Å². The molecule has 1 unspecified atom stereocenters. The number of pyridine rings is 1. The number of carbonyl (C=O) groups excluding carboxylic acids is 1.